The Kier molecular flexibility index (Phi) is 5.85. The van der Waals surface area contributed by atoms with Crippen LogP contribution in [-0.4, -0.2) is 32.6 Å². The molecule has 0 atom stereocenters. The van der Waals surface area contributed by atoms with Gasteiger partial charge in [0.1, 0.15) is 5.75 Å². The summed E-state index contributed by atoms with van der Waals surface area (Å²) in [5.41, 5.74) is 0.773. The number of phenolic OH excluding ortho intramolecular Hbond substituents is 1. The molecule has 0 fully saturated rings. The lowest BCUT2D eigenvalue weighted by Crippen LogP contribution is -2.24. The number of carbonyl (C=O) groups is 1. The molecule has 29 heavy (non-hydrogen) atoms. The number of nitrogens with zero attached hydrogens (tertiary/aromatic N) is 2. The normalized spacial score (nSPS) is 11.3. The first-order valence-electron chi connectivity index (χ1n) is 7.86. The SMILES string of the molecule is O=C(NCc1cccc(OC(F)(F)F)c1)c1n[nH]c(-c2cc(Cl)c(O)c(Cl)c2)n1. The molecule has 0 aliphatic carbocycles. The number of H-pyrrole nitrogens is 1. The van der Waals surface area contributed by atoms with Gasteiger partial charge in [-0.3, -0.25) is 9.89 Å². The fourth-order valence-corrected chi connectivity index (χ4v) is 2.80. The molecular formula is C17H11Cl2F3N4O3. The number of aromatic hydroxyl groups is 1. The third-order valence-corrected chi connectivity index (χ3v) is 4.14. The van der Waals surface area contributed by atoms with Crippen LogP contribution in [0.25, 0.3) is 11.4 Å². The van der Waals surface area contributed by atoms with Gasteiger partial charge in [0.05, 0.1) is 10.0 Å². The Morgan fingerprint density at radius 3 is 2.55 bits per heavy atom. The number of hydrogen-bond donors (Lipinski definition) is 3. The predicted octanol–water partition coefficient (Wildman–Crippen LogP) is 4.31. The first-order valence-corrected chi connectivity index (χ1v) is 8.61. The Labute approximate surface area is 171 Å². The number of rotatable bonds is 5. The summed E-state index contributed by atoms with van der Waals surface area (Å²) in [6.45, 7) is -0.0748. The number of carbonyl (C=O) groups excluding carboxylic acids is 1. The van der Waals surface area contributed by atoms with Crippen molar-refractivity contribution >= 4 is 29.1 Å². The molecule has 0 bridgehead atoms. The lowest BCUT2D eigenvalue weighted by atomic mass is 10.2. The Morgan fingerprint density at radius 2 is 1.90 bits per heavy atom. The van der Waals surface area contributed by atoms with Crippen molar-refractivity contribution in [3.63, 3.8) is 0 Å². The number of nitrogens with one attached hydrogen (secondary N) is 2. The van der Waals surface area contributed by atoms with E-state index >= 15 is 0 Å². The maximum Gasteiger partial charge on any atom is 0.573 e. The van der Waals surface area contributed by atoms with Gasteiger partial charge in [0.2, 0.25) is 5.82 Å². The second-order valence-electron chi connectivity index (χ2n) is 5.67. The van der Waals surface area contributed by atoms with Gasteiger partial charge in [0, 0.05) is 12.1 Å². The molecule has 0 aliphatic heterocycles. The monoisotopic (exact) mass is 446 g/mol. The summed E-state index contributed by atoms with van der Waals surface area (Å²) in [4.78, 5) is 16.2. The van der Waals surface area contributed by atoms with E-state index in [0.29, 0.717) is 11.1 Å². The Morgan fingerprint density at radius 1 is 1.21 bits per heavy atom. The van der Waals surface area contributed by atoms with E-state index in [1.54, 1.807) is 0 Å². The summed E-state index contributed by atoms with van der Waals surface area (Å²) in [5.74, 6) is -1.37. The molecule has 2 aromatic carbocycles. The summed E-state index contributed by atoms with van der Waals surface area (Å²) in [7, 11) is 0. The van der Waals surface area contributed by atoms with E-state index in [2.05, 4.69) is 25.2 Å². The number of hydrogen-bond acceptors (Lipinski definition) is 5. The zero-order chi connectivity index (χ0) is 21.2. The van der Waals surface area contributed by atoms with Crippen LogP contribution in [-0.2, 0) is 6.54 Å². The van der Waals surface area contributed by atoms with E-state index in [4.69, 9.17) is 23.2 Å². The number of benzene rings is 2. The van der Waals surface area contributed by atoms with Crippen molar-refractivity contribution in [1.82, 2.24) is 20.5 Å². The van der Waals surface area contributed by atoms with Crippen LogP contribution in [0.3, 0.4) is 0 Å². The largest absolute Gasteiger partial charge is 0.573 e. The van der Waals surface area contributed by atoms with E-state index in [9.17, 15) is 23.1 Å². The predicted molar refractivity (Wildman–Crippen MR) is 97.8 cm³/mol. The van der Waals surface area contributed by atoms with Gasteiger partial charge in [-0.2, -0.15) is 0 Å². The molecule has 0 saturated carbocycles. The van der Waals surface area contributed by atoms with Crippen LogP contribution >= 0.6 is 23.2 Å². The summed E-state index contributed by atoms with van der Waals surface area (Å²) < 4.78 is 40.7. The third-order valence-electron chi connectivity index (χ3n) is 3.56. The van der Waals surface area contributed by atoms with Crippen LogP contribution in [0.1, 0.15) is 16.2 Å². The summed E-state index contributed by atoms with van der Waals surface area (Å²) in [6, 6.07) is 7.96. The van der Waals surface area contributed by atoms with Crippen molar-refractivity contribution in [2.24, 2.45) is 0 Å². The van der Waals surface area contributed by atoms with Crippen molar-refractivity contribution < 1.29 is 27.8 Å². The first-order chi connectivity index (χ1) is 13.6. The fraction of sp³-hybridized carbons (Fsp3) is 0.118. The van der Waals surface area contributed by atoms with Gasteiger partial charge in [0.25, 0.3) is 5.91 Å². The molecule has 0 spiro atoms. The lowest BCUT2D eigenvalue weighted by molar-refractivity contribution is -0.274. The van der Waals surface area contributed by atoms with Crippen LogP contribution < -0.4 is 10.1 Å². The van der Waals surface area contributed by atoms with E-state index in [1.807, 2.05) is 0 Å². The first kappa shape index (κ1) is 20.7. The van der Waals surface area contributed by atoms with Crippen molar-refractivity contribution in [2.45, 2.75) is 12.9 Å². The highest BCUT2D eigenvalue weighted by Crippen LogP contribution is 2.35. The molecule has 1 heterocycles. The maximum absolute atomic E-state index is 12.3. The molecule has 152 valence electrons. The molecule has 12 heteroatoms. The Bertz CT molecular complexity index is 1030. The fourth-order valence-electron chi connectivity index (χ4n) is 2.31. The Balaban J connectivity index is 1.68. The molecule has 0 unspecified atom stereocenters. The summed E-state index contributed by atoms with van der Waals surface area (Å²) in [6.07, 6.45) is -4.81. The molecule has 1 amide bonds. The number of alkyl halides is 3. The zero-order valence-electron chi connectivity index (χ0n) is 14.2. The van der Waals surface area contributed by atoms with E-state index in [-0.39, 0.29) is 34.0 Å². The molecule has 0 radical (unpaired) electrons. The smallest absolute Gasteiger partial charge is 0.505 e. The summed E-state index contributed by atoms with van der Waals surface area (Å²) in [5, 5.41) is 18.4. The average molecular weight is 447 g/mol. The minimum absolute atomic E-state index is 0.00383. The van der Waals surface area contributed by atoms with Gasteiger partial charge < -0.3 is 15.2 Å². The molecule has 0 aliphatic rings. The average Bonchev–Trinajstić information content (AvgIpc) is 3.13. The standard InChI is InChI=1S/C17H11Cl2F3N4O3/c18-11-5-9(6-12(19)13(11)27)14-24-15(26-25-14)16(28)23-7-8-2-1-3-10(4-8)29-17(20,21)22/h1-6,27H,7H2,(H,23,28)(H,24,25,26). The highest BCUT2D eigenvalue weighted by atomic mass is 35.5. The lowest BCUT2D eigenvalue weighted by Gasteiger charge is -2.10. The van der Waals surface area contributed by atoms with E-state index in [0.717, 1.165) is 12.1 Å². The highest BCUT2D eigenvalue weighted by Gasteiger charge is 2.31. The number of ether oxygens (including phenoxy) is 1. The van der Waals surface area contributed by atoms with Crippen LogP contribution in [0.2, 0.25) is 10.0 Å². The Hall–Kier alpha value is -2.98. The molecular weight excluding hydrogens is 436 g/mol. The number of amides is 1. The molecule has 0 saturated heterocycles. The molecule has 3 rings (SSSR count). The van der Waals surface area contributed by atoms with Gasteiger partial charge in [-0.15, -0.1) is 18.3 Å². The molecule has 3 N–H and O–H groups in total. The molecule has 3 aromatic rings. The van der Waals surface area contributed by atoms with E-state index in [1.165, 1.54) is 24.3 Å². The van der Waals surface area contributed by atoms with Gasteiger partial charge in [-0.1, -0.05) is 35.3 Å². The zero-order valence-corrected chi connectivity index (χ0v) is 15.7. The molecule has 7 nitrogen and oxygen atoms in total. The van der Waals surface area contributed by atoms with Gasteiger partial charge in [-0.25, -0.2) is 4.98 Å². The minimum Gasteiger partial charge on any atom is -0.505 e. The highest BCUT2D eigenvalue weighted by molar-refractivity contribution is 6.37. The van der Waals surface area contributed by atoms with Crippen molar-refractivity contribution in [3.05, 3.63) is 57.8 Å². The second kappa shape index (κ2) is 8.18. The maximum atomic E-state index is 12.3. The topological polar surface area (TPSA) is 100 Å². The quantitative estimate of drug-likeness (QED) is 0.541. The summed E-state index contributed by atoms with van der Waals surface area (Å²) >= 11 is 11.7. The van der Waals surface area contributed by atoms with Gasteiger partial charge >= 0.3 is 6.36 Å². The number of halogens is 5. The number of aromatic amines is 1. The third kappa shape index (κ3) is 5.30. The number of phenols is 1. The van der Waals surface area contributed by atoms with Crippen molar-refractivity contribution in [3.8, 4) is 22.9 Å². The van der Waals surface area contributed by atoms with Gasteiger partial charge in [-0.05, 0) is 29.8 Å². The van der Waals surface area contributed by atoms with E-state index < -0.39 is 18.0 Å². The van der Waals surface area contributed by atoms with Crippen LogP contribution in [0.4, 0.5) is 13.2 Å². The van der Waals surface area contributed by atoms with Gasteiger partial charge in [0.15, 0.2) is 11.6 Å². The molecule has 1 aromatic heterocycles. The van der Waals surface area contributed by atoms with Crippen LogP contribution in [0.15, 0.2) is 36.4 Å². The van der Waals surface area contributed by atoms with Crippen molar-refractivity contribution in [2.75, 3.05) is 0 Å². The van der Waals surface area contributed by atoms with Crippen molar-refractivity contribution in [1.29, 1.82) is 0 Å². The van der Waals surface area contributed by atoms with Crippen LogP contribution in [0.5, 0.6) is 11.5 Å². The minimum atomic E-state index is -4.81. The second-order valence-corrected chi connectivity index (χ2v) is 6.49. The van der Waals surface area contributed by atoms with Crippen LogP contribution in [0, 0.1) is 0 Å². The number of aromatic nitrogens is 3.